The zero-order valence-corrected chi connectivity index (χ0v) is 16.4. The molecule has 2 aliphatic rings. The summed E-state index contributed by atoms with van der Waals surface area (Å²) in [7, 11) is 0. The van der Waals surface area contributed by atoms with Crippen molar-refractivity contribution in [2.75, 3.05) is 26.2 Å². The summed E-state index contributed by atoms with van der Waals surface area (Å²) < 4.78 is 5.61. The van der Waals surface area contributed by atoms with Crippen molar-refractivity contribution < 1.29 is 14.3 Å². The fraction of sp³-hybridized carbons (Fsp3) is 0.450. The number of fused-ring (bicyclic) bond motifs is 1. The van der Waals surface area contributed by atoms with Crippen LogP contribution in [0.5, 0.6) is 0 Å². The molecule has 1 saturated heterocycles. The van der Waals surface area contributed by atoms with Crippen LogP contribution in [0.3, 0.4) is 0 Å². The molecular formula is C20H22Cl2N2O3. The van der Waals surface area contributed by atoms with Crippen LogP contribution in [-0.2, 0) is 17.6 Å². The van der Waals surface area contributed by atoms with E-state index >= 15 is 0 Å². The van der Waals surface area contributed by atoms with Gasteiger partial charge in [0.05, 0.1) is 34.9 Å². The fourth-order valence-corrected chi connectivity index (χ4v) is 4.36. The molecule has 7 heteroatoms. The van der Waals surface area contributed by atoms with E-state index in [1.165, 1.54) is 0 Å². The molecule has 1 fully saturated rings. The molecule has 1 aromatic carbocycles. The van der Waals surface area contributed by atoms with Gasteiger partial charge in [0, 0.05) is 38.2 Å². The molecule has 0 radical (unpaired) electrons. The summed E-state index contributed by atoms with van der Waals surface area (Å²) in [5, 5.41) is 10.8. The number of likely N-dealkylation sites (tertiary alicyclic amines) is 1. The molecule has 0 bridgehead atoms. The first-order chi connectivity index (χ1) is 13.0. The maximum absolute atomic E-state index is 13.1. The van der Waals surface area contributed by atoms with Crippen LogP contribution in [0.25, 0.3) is 0 Å². The van der Waals surface area contributed by atoms with Crippen molar-refractivity contribution in [1.82, 2.24) is 9.80 Å². The number of aliphatic hydroxyl groups excluding tert-OH is 1. The Morgan fingerprint density at radius 1 is 1.22 bits per heavy atom. The van der Waals surface area contributed by atoms with Crippen LogP contribution >= 0.6 is 23.2 Å². The first kappa shape index (κ1) is 18.8. The number of benzene rings is 1. The van der Waals surface area contributed by atoms with Crippen molar-refractivity contribution in [2.45, 2.75) is 31.4 Å². The number of hydrogen-bond acceptors (Lipinski definition) is 4. The lowest BCUT2D eigenvalue weighted by Crippen LogP contribution is -2.45. The largest absolute Gasteiger partial charge is 0.469 e. The van der Waals surface area contributed by atoms with Gasteiger partial charge < -0.3 is 14.4 Å². The van der Waals surface area contributed by atoms with Gasteiger partial charge in [0.1, 0.15) is 5.76 Å². The number of hydrogen-bond donors (Lipinski definition) is 1. The van der Waals surface area contributed by atoms with E-state index < -0.39 is 0 Å². The van der Waals surface area contributed by atoms with E-state index in [0.29, 0.717) is 36.1 Å². The number of furan rings is 1. The van der Waals surface area contributed by atoms with Crippen molar-refractivity contribution in [2.24, 2.45) is 0 Å². The number of halogens is 2. The van der Waals surface area contributed by atoms with Crippen molar-refractivity contribution in [3.05, 3.63) is 57.5 Å². The number of rotatable bonds is 4. The van der Waals surface area contributed by atoms with Crippen LogP contribution in [0, 0.1) is 0 Å². The lowest BCUT2D eigenvalue weighted by molar-refractivity contribution is -0.133. The molecule has 1 unspecified atom stereocenters. The third kappa shape index (κ3) is 4.02. The van der Waals surface area contributed by atoms with Crippen molar-refractivity contribution >= 4 is 29.1 Å². The third-order valence-electron chi connectivity index (χ3n) is 5.43. The summed E-state index contributed by atoms with van der Waals surface area (Å²) >= 11 is 12.1. The lowest BCUT2D eigenvalue weighted by Gasteiger charge is -2.37. The molecule has 2 aromatic rings. The van der Waals surface area contributed by atoms with Gasteiger partial charge in [0.2, 0.25) is 5.91 Å². The third-order valence-corrected chi connectivity index (χ3v) is 6.17. The summed E-state index contributed by atoms with van der Waals surface area (Å²) in [6.45, 7) is 2.83. The Morgan fingerprint density at radius 2 is 2.07 bits per heavy atom. The minimum absolute atomic E-state index is 0.0602. The number of carbonyl (C=O) groups is 1. The molecule has 1 aromatic heterocycles. The summed E-state index contributed by atoms with van der Waals surface area (Å²) in [6.07, 6.45) is 3.20. The van der Waals surface area contributed by atoms with Gasteiger partial charge in [0.25, 0.3) is 0 Å². The summed E-state index contributed by atoms with van der Waals surface area (Å²) in [6, 6.07) is 7.21. The van der Waals surface area contributed by atoms with Crippen molar-refractivity contribution in [3.8, 4) is 0 Å². The van der Waals surface area contributed by atoms with Crippen LogP contribution < -0.4 is 0 Å². The minimum atomic E-state index is -0.280. The molecule has 0 saturated carbocycles. The van der Waals surface area contributed by atoms with Gasteiger partial charge in [-0.2, -0.15) is 0 Å². The average Bonchev–Trinajstić information content (AvgIpc) is 3.27. The predicted molar refractivity (Wildman–Crippen MR) is 104 cm³/mol. The van der Waals surface area contributed by atoms with Crippen LogP contribution in [-0.4, -0.2) is 53.1 Å². The zero-order valence-electron chi connectivity index (χ0n) is 14.9. The standard InChI is InChI=1S/C20H22Cl2N2O3/c21-16-2-1-13(9-17(16)22)10-20(26)24-7-4-19-15(5-8-27-19)18(24)12-23-6-3-14(25)11-23/h1-2,5,8-9,14,18,25H,3-4,6-7,10-12H2/t14-,18?/m1/s1. The highest BCUT2D eigenvalue weighted by Gasteiger charge is 2.35. The molecule has 5 nitrogen and oxygen atoms in total. The Kier molecular flexibility index (Phi) is 5.46. The van der Waals surface area contributed by atoms with Gasteiger partial charge >= 0.3 is 0 Å². The van der Waals surface area contributed by atoms with E-state index in [1.807, 2.05) is 17.0 Å². The predicted octanol–water partition coefficient (Wildman–Crippen LogP) is 3.32. The van der Waals surface area contributed by atoms with Crippen LogP contribution in [0.2, 0.25) is 10.0 Å². The van der Waals surface area contributed by atoms with Crippen molar-refractivity contribution in [1.29, 1.82) is 0 Å². The van der Waals surface area contributed by atoms with E-state index in [1.54, 1.807) is 18.4 Å². The molecule has 0 spiro atoms. The Morgan fingerprint density at radius 3 is 2.81 bits per heavy atom. The second-order valence-corrected chi connectivity index (χ2v) is 8.09. The summed E-state index contributed by atoms with van der Waals surface area (Å²) in [5.74, 6) is 1.02. The van der Waals surface area contributed by atoms with E-state index in [4.69, 9.17) is 27.6 Å². The van der Waals surface area contributed by atoms with Crippen LogP contribution in [0.1, 0.15) is 29.3 Å². The van der Waals surface area contributed by atoms with E-state index in [-0.39, 0.29) is 24.5 Å². The van der Waals surface area contributed by atoms with Gasteiger partial charge in [-0.05, 0) is 30.2 Å². The first-order valence-corrected chi connectivity index (χ1v) is 9.97. The molecule has 4 rings (SSSR count). The SMILES string of the molecule is O=C(Cc1ccc(Cl)c(Cl)c1)N1CCc2occc2C1CN1CC[C@@H](O)C1. The number of amides is 1. The van der Waals surface area contributed by atoms with Crippen molar-refractivity contribution in [3.63, 3.8) is 0 Å². The van der Waals surface area contributed by atoms with Gasteiger partial charge in [-0.25, -0.2) is 0 Å². The molecule has 3 heterocycles. The molecule has 144 valence electrons. The molecule has 2 atom stereocenters. The fourth-order valence-electron chi connectivity index (χ4n) is 4.04. The van der Waals surface area contributed by atoms with Gasteiger partial charge in [-0.15, -0.1) is 0 Å². The minimum Gasteiger partial charge on any atom is -0.469 e. The molecule has 2 aliphatic heterocycles. The quantitative estimate of drug-likeness (QED) is 0.842. The molecule has 1 N–H and O–H groups in total. The zero-order chi connectivity index (χ0) is 19.0. The highest BCUT2D eigenvalue weighted by molar-refractivity contribution is 6.42. The smallest absolute Gasteiger partial charge is 0.227 e. The van der Waals surface area contributed by atoms with E-state index in [2.05, 4.69) is 4.90 Å². The van der Waals surface area contributed by atoms with Gasteiger partial charge in [-0.3, -0.25) is 9.69 Å². The molecule has 27 heavy (non-hydrogen) atoms. The maximum Gasteiger partial charge on any atom is 0.227 e. The van der Waals surface area contributed by atoms with Gasteiger partial charge in [-0.1, -0.05) is 29.3 Å². The lowest BCUT2D eigenvalue weighted by atomic mass is 9.97. The molecular weight excluding hydrogens is 387 g/mol. The average molecular weight is 409 g/mol. The maximum atomic E-state index is 13.1. The Hall–Kier alpha value is -1.53. The number of nitrogens with zero attached hydrogens (tertiary/aromatic N) is 2. The Bertz CT molecular complexity index is 838. The Labute approximate surface area is 168 Å². The monoisotopic (exact) mass is 408 g/mol. The topological polar surface area (TPSA) is 56.9 Å². The number of β-amino-alcohol motifs (C(OH)–C–C–N with tert-alkyl or cyclic N) is 1. The van der Waals surface area contributed by atoms with Crippen LogP contribution in [0.15, 0.2) is 34.9 Å². The highest BCUT2D eigenvalue weighted by Crippen LogP contribution is 2.33. The van der Waals surface area contributed by atoms with Crippen LogP contribution in [0.4, 0.5) is 0 Å². The van der Waals surface area contributed by atoms with E-state index in [9.17, 15) is 9.90 Å². The summed E-state index contributed by atoms with van der Waals surface area (Å²) in [5.41, 5.74) is 1.92. The highest BCUT2D eigenvalue weighted by atomic mass is 35.5. The van der Waals surface area contributed by atoms with E-state index in [0.717, 1.165) is 29.9 Å². The first-order valence-electron chi connectivity index (χ1n) is 9.21. The number of carbonyl (C=O) groups excluding carboxylic acids is 1. The summed E-state index contributed by atoms with van der Waals surface area (Å²) in [4.78, 5) is 17.2. The molecule has 0 aliphatic carbocycles. The Balaban J connectivity index is 1.53. The van der Waals surface area contributed by atoms with Gasteiger partial charge in [0.15, 0.2) is 0 Å². The molecule has 1 amide bonds. The second kappa shape index (κ2) is 7.84. The normalized spacial score (nSPS) is 22.9. The second-order valence-electron chi connectivity index (χ2n) is 7.28. The number of aliphatic hydroxyl groups is 1.